The number of ether oxygens (including phenoxy) is 1. The van der Waals surface area contributed by atoms with Gasteiger partial charge in [-0.1, -0.05) is 25.5 Å². The fourth-order valence-corrected chi connectivity index (χ4v) is 2.08. The first-order valence-corrected chi connectivity index (χ1v) is 7.47. The molecule has 0 bridgehead atoms. The molecule has 0 aliphatic heterocycles. The van der Waals surface area contributed by atoms with E-state index in [0.717, 1.165) is 19.4 Å². The lowest BCUT2D eigenvalue weighted by Gasteiger charge is -2.20. The lowest BCUT2D eigenvalue weighted by molar-refractivity contribution is -0.116. The molecule has 1 aromatic carbocycles. The molecule has 0 spiro atoms. The Balaban J connectivity index is 2.45. The molecule has 0 aromatic heterocycles. The van der Waals surface area contributed by atoms with Crippen LogP contribution in [-0.2, 0) is 4.79 Å². The zero-order valence-electron chi connectivity index (χ0n) is 13.0. The Bertz CT molecular complexity index is 424. The topological polar surface area (TPSA) is 61.8 Å². The standard InChI is InChI=1S/C16H26N2O3/c1-3-4-10-18(12-13-19)11-9-16(20)17-14-7-5-6-8-15(14)21-2/h5-8,19H,3-4,9-13H2,1-2H3,(H,17,20). The van der Waals surface area contributed by atoms with E-state index in [4.69, 9.17) is 9.84 Å². The minimum absolute atomic E-state index is 0.0426. The first kappa shape index (κ1) is 17.5. The van der Waals surface area contributed by atoms with Gasteiger partial charge in [-0.25, -0.2) is 0 Å². The summed E-state index contributed by atoms with van der Waals surface area (Å²) in [5.41, 5.74) is 0.687. The van der Waals surface area contributed by atoms with Crippen molar-refractivity contribution in [2.45, 2.75) is 26.2 Å². The Kier molecular flexibility index (Phi) is 8.47. The van der Waals surface area contributed by atoms with Crippen molar-refractivity contribution in [1.29, 1.82) is 0 Å². The molecule has 21 heavy (non-hydrogen) atoms. The molecule has 1 aromatic rings. The first-order chi connectivity index (χ1) is 10.2. The molecule has 0 saturated carbocycles. The second kappa shape index (κ2) is 10.2. The van der Waals surface area contributed by atoms with Crippen LogP contribution in [0.3, 0.4) is 0 Å². The van der Waals surface area contributed by atoms with Crippen LogP contribution < -0.4 is 10.1 Å². The van der Waals surface area contributed by atoms with Crippen molar-refractivity contribution in [2.24, 2.45) is 0 Å². The van der Waals surface area contributed by atoms with E-state index in [1.165, 1.54) is 0 Å². The average molecular weight is 294 g/mol. The molecule has 2 N–H and O–H groups in total. The highest BCUT2D eigenvalue weighted by Crippen LogP contribution is 2.22. The van der Waals surface area contributed by atoms with Crippen LogP contribution in [0.15, 0.2) is 24.3 Å². The van der Waals surface area contributed by atoms with Gasteiger partial charge in [-0.2, -0.15) is 0 Å². The molecule has 0 aliphatic rings. The number of nitrogens with one attached hydrogen (secondary N) is 1. The van der Waals surface area contributed by atoms with Crippen molar-refractivity contribution in [1.82, 2.24) is 4.90 Å². The SMILES string of the molecule is CCCCN(CCO)CCC(=O)Nc1ccccc1OC. The Hall–Kier alpha value is -1.59. The van der Waals surface area contributed by atoms with Crippen LogP contribution in [0.1, 0.15) is 26.2 Å². The molecule has 0 aliphatic carbocycles. The van der Waals surface area contributed by atoms with Crippen molar-refractivity contribution in [2.75, 3.05) is 38.7 Å². The normalized spacial score (nSPS) is 10.7. The maximum Gasteiger partial charge on any atom is 0.225 e. The Morgan fingerprint density at radius 2 is 2.05 bits per heavy atom. The van der Waals surface area contributed by atoms with Crippen molar-refractivity contribution in [3.05, 3.63) is 24.3 Å². The van der Waals surface area contributed by atoms with Crippen LogP contribution in [0.2, 0.25) is 0 Å². The number of para-hydroxylation sites is 2. The van der Waals surface area contributed by atoms with Gasteiger partial charge in [0.2, 0.25) is 5.91 Å². The summed E-state index contributed by atoms with van der Waals surface area (Å²) in [6.45, 7) is 4.44. The molecule has 5 nitrogen and oxygen atoms in total. The van der Waals surface area contributed by atoms with Gasteiger partial charge < -0.3 is 20.1 Å². The van der Waals surface area contributed by atoms with E-state index in [1.54, 1.807) is 7.11 Å². The number of unbranched alkanes of at least 4 members (excludes halogenated alkanes) is 1. The number of rotatable bonds is 10. The predicted molar refractivity (Wildman–Crippen MR) is 84.7 cm³/mol. The summed E-state index contributed by atoms with van der Waals surface area (Å²) in [4.78, 5) is 14.1. The number of carbonyl (C=O) groups excluding carboxylic acids is 1. The van der Waals surface area contributed by atoms with Gasteiger partial charge in [0.15, 0.2) is 0 Å². The molecule has 5 heteroatoms. The predicted octanol–water partition coefficient (Wildman–Crippen LogP) is 2.12. The summed E-state index contributed by atoms with van der Waals surface area (Å²) in [6, 6.07) is 7.36. The lowest BCUT2D eigenvalue weighted by Crippen LogP contribution is -2.31. The third-order valence-corrected chi connectivity index (χ3v) is 3.28. The summed E-state index contributed by atoms with van der Waals surface area (Å²) >= 11 is 0. The van der Waals surface area contributed by atoms with E-state index in [2.05, 4.69) is 17.1 Å². The maximum atomic E-state index is 12.0. The number of hydrogen-bond donors (Lipinski definition) is 2. The monoisotopic (exact) mass is 294 g/mol. The lowest BCUT2D eigenvalue weighted by atomic mass is 10.2. The molecule has 0 radical (unpaired) electrons. The maximum absolute atomic E-state index is 12.0. The van der Waals surface area contributed by atoms with Gasteiger partial charge in [0.05, 0.1) is 19.4 Å². The fourth-order valence-electron chi connectivity index (χ4n) is 2.08. The molecule has 0 saturated heterocycles. The van der Waals surface area contributed by atoms with E-state index in [-0.39, 0.29) is 12.5 Å². The highest BCUT2D eigenvalue weighted by Gasteiger charge is 2.10. The Morgan fingerprint density at radius 1 is 1.29 bits per heavy atom. The van der Waals surface area contributed by atoms with Gasteiger partial charge in [-0.3, -0.25) is 4.79 Å². The van der Waals surface area contributed by atoms with Crippen molar-refractivity contribution < 1.29 is 14.6 Å². The summed E-state index contributed by atoms with van der Waals surface area (Å²) in [5, 5.41) is 11.9. The number of carbonyl (C=O) groups is 1. The minimum atomic E-state index is -0.0426. The van der Waals surface area contributed by atoms with Gasteiger partial charge in [0, 0.05) is 19.5 Å². The Morgan fingerprint density at radius 3 is 2.71 bits per heavy atom. The number of anilines is 1. The second-order valence-corrected chi connectivity index (χ2v) is 4.92. The minimum Gasteiger partial charge on any atom is -0.495 e. The van der Waals surface area contributed by atoms with E-state index in [9.17, 15) is 4.79 Å². The van der Waals surface area contributed by atoms with E-state index < -0.39 is 0 Å². The molecule has 0 atom stereocenters. The number of nitrogens with zero attached hydrogens (tertiary/aromatic N) is 1. The first-order valence-electron chi connectivity index (χ1n) is 7.47. The largest absolute Gasteiger partial charge is 0.495 e. The van der Waals surface area contributed by atoms with Crippen LogP contribution in [0, 0.1) is 0 Å². The van der Waals surface area contributed by atoms with E-state index >= 15 is 0 Å². The number of methoxy groups -OCH3 is 1. The molecule has 0 unspecified atom stereocenters. The zero-order chi connectivity index (χ0) is 15.5. The third-order valence-electron chi connectivity index (χ3n) is 3.28. The molecular weight excluding hydrogens is 268 g/mol. The quantitative estimate of drug-likeness (QED) is 0.694. The molecule has 0 fully saturated rings. The number of hydrogen-bond acceptors (Lipinski definition) is 4. The van der Waals surface area contributed by atoms with Gasteiger partial charge >= 0.3 is 0 Å². The van der Waals surface area contributed by atoms with E-state index in [1.807, 2.05) is 24.3 Å². The van der Waals surface area contributed by atoms with E-state index in [0.29, 0.717) is 30.9 Å². The summed E-state index contributed by atoms with van der Waals surface area (Å²) < 4.78 is 5.21. The summed E-state index contributed by atoms with van der Waals surface area (Å²) in [7, 11) is 1.58. The summed E-state index contributed by atoms with van der Waals surface area (Å²) in [5.74, 6) is 0.614. The van der Waals surface area contributed by atoms with Crippen LogP contribution in [0.25, 0.3) is 0 Å². The molecule has 0 heterocycles. The molecule has 118 valence electrons. The van der Waals surface area contributed by atoms with Gasteiger partial charge in [-0.05, 0) is 25.1 Å². The highest BCUT2D eigenvalue weighted by atomic mass is 16.5. The van der Waals surface area contributed by atoms with Crippen LogP contribution in [0.4, 0.5) is 5.69 Å². The second-order valence-electron chi connectivity index (χ2n) is 4.92. The smallest absolute Gasteiger partial charge is 0.225 e. The number of benzene rings is 1. The van der Waals surface area contributed by atoms with Gasteiger partial charge in [0.1, 0.15) is 5.75 Å². The van der Waals surface area contributed by atoms with Crippen molar-refractivity contribution in [3.63, 3.8) is 0 Å². The molecule has 1 amide bonds. The van der Waals surface area contributed by atoms with Gasteiger partial charge in [-0.15, -0.1) is 0 Å². The number of aliphatic hydroxyl groups excluding tert-OH is 1. The van der Waals surface area contributed by atoms with Crippen molar-refractivity contribution >= 4 is 11.6 Å². The van der Waals surface area contributed by atoms with Crippen LogP contribution >= 0.6 is 0 Å². The number of aliphatic hydroxyl groups is 1. The Labute approximate surface area is 126 Å². The molecular formula is C16H26N2O3. The zero-order valence-corrected chi connectivity index (χ0v) is 13.0. The van der Waals surface area contributed by atoms with Crippen LogP contribution in [0.5, 0.6) is 5.75 Å². The van der Waals surface area contributed by atoms with Crippen molar-refractivity contribution in [3.8, 4) is 5.75 Å². The van der Waals surface area contributed by atoms with Gasteiger partial charge in [0.25, 0.3) is 0 Å². The third kappa shape index (κ3) is 6.60. The summed E-state index contributed by atoms with van der Waals surface area (Å²) in [6.07, 6.45) is 2.59. The average Bonchev–Trinajstić information content (AvgIpc) is 2.50. The highest BCUT2D eigenvalue weighted by molar-refractivity contribution is 5.92. The fraction of sp³-hybridized carbons (Fsp3) is 0.562. The van der Waals surface area contributed by atoms with Crippen LogP contribution in [-0.4, -0.2) is 49.3 Å². The molecule has 1 rings (SSSR count). The number of amides is 1.